The topological polar surface area (TPSA) is 56.8 Å². The molecule has 2 atom stereocenters. The van der Waals surface area contributed by atoms with E-state index in [1.807, 2.05) is 27.7 Å². The van der Waals surface area contributed by atoms with Crippen molar-refractivity contribution < 1.29 is 19.0 Å². The summed E-state index contributed by atoms with van der Waals surface area (Å²) >= 11 is 0. The van der Waals surface area contributed by atoms with Crippen molar-refractivity contribution in [2.75, 3.05) is 26.9 Å². The number of methoxy groups -OCH3 is 1. The van der Waals surface area contributed by atoms with Crippen molar-refractivity contribution in [3.8, 4) is 0 Å². The molecule has 0 amide bonds. The minimum Gasteiger partial charge on any atom is -0.465 e. The van der Waals surface area contributed by atoms with Crippen molar-refractivity contribution >= 4 is 5.97 Å². The molecule has 20 heavy (non-hydrogen) atoms. The molecule has 1 fully saturated rings. The second-order valence-corrected chi connectivity index (χ2v) is 6.21. The maximum Gasteiger partial charge on any atom is 0.326 e. The fourth-order valence-electron chi connectivity index (χ4n) is 2.57. The molecule has 0 aromatic rings. The van der Waals surface area contributed by atoms with E-state index in [9.17, 15) is 4.79 Å². The average Bonchev–Trinajstić information content (AvgIpc) is 2.89. The van der Waals surface area contributed by atoms with Gasteiger partial charge in [0.15, 0.2) is 0 Å². The van der Waals surface area contributed by atoms with Crippen LogP contribution in [0, 0.1) is 0 Å². The van der Waals surface area contributed by atoms with Crippen LogP contribution in [-0.4, -0.2) is 50.1 Å². The van der Waals surface area contributed by atoms with Gasteiger partial charge in [-0.2, -0.15) is 0 Å². The normalized spacial score (nSPS) is 22.6. The number of carbonyl (C=O) groups is 1. The van der Waals surface area contributed by atoms with Gasteiger partial charge in [0.05, 0.1) is 18.3 Å². The lowest BCUT2D eigenvalue weighted by atomic mass is 9.87. The molecule has 0 radical (unpaired) electrons. The van der Waals surface area contributed by atoms with E-state index in [1.54, 1.807) is 7.11 Å². The Morgan fingerprint density at radius 2 is 2.10 bits per heavy atom. The summed E-state index contributed by atoms with van der Waals surface area (Å²) in [7, 11) is 1.66. The maximum absolute atomic E-state index is 12.3. The number of carbonyl (C=O) groups excluding carboxylic acids is 1. The van der Waals surface area contributed by atoms with Gasteiger partial charge >= 0.3 is 5.97 Å². The first-order valence-electron chi connectivity index (χ1n) is 7.42. The molecular formula is C15H29NO4. The molecule has 5 nitrogen and oxygen atoms in total. The van der Waals surface area contributed by atoms with Crippen molar-refractivity contribution in [1.29, 1.82) is 0 Å². The number of nitrogens with one attached hydrogen (secondary N) is 1. The first kappa shape index (κ1) is 17.4. The zero-order valence-corrected chi connectivity index (χ0v) is 13.5. The van der Waals surface area contributed by atoms with E-state index in [1.165, 1.54) is 0 Å². The van der Waals surface area contributed by atoms with Gasteiger partial charge in [0.2, 0.25) is 0 Å². The van der Waals surface area contributed by atoms with Gasteiger partial charge in [0, 0.05) is 26.7 Å². The van der Waals surface area contributed by atoms with E-state index >= 15 is 0 Å². The molecule has 1 heterocycles. The Hall–Kier alpha value is -0.650. The molecule has 1 rings (SSSR count). The summed E-state index contributed by atoms with van der Waals surface area (Å²) in [6.07, 6.45) is 2.86. The molecule has 0 aromatic carbocycles. The predicted molar refractivity (Wildman–Crippen MR) is 77.7 cm³/mol. The van der Waals surface area contributed by atoms with Gasteiger partial charge in [-0.05, 0) is 40.5 Å². The van der Waals surface area contributed by atoms with E-state index in [0.29, 0.717) is 19.6 Å². The van der Waals surface area contributed by atoms with Crippen LogP contribution in [0.1, 0.15) is 47.0 Å². The minimum atomic E-state index is -0.762. The van der Waals surface area contributed by atoms with Gasteiger partial charge in [-0.3, -0.25) is 10.1 Å². The van der Waals surface area contributed by atoms with E-state index in [-0.39, 0.29) is 12.1 Å². The molecule has 1 aliphatic heterocycles. The van der Waals surface area contributed by atoms with Crippen LogP contribution in [0.5, 0.6) is 0 Å². The van der Waals surface area contributed by atoms with Crippen LogP contribution >= 0.6 is 0 Å². The predicted octanol–water partition coefficient (Wildman–Crippen LogP) is 1.89. The van der Waals surface area contributed by atoms with E-state index < -0.39 is 11.1 Å². The Labute approximate surface area is 122 Å². The summed E-state index contributed by atoms with van der Waals surface area (Å²) < 4.78 is 16.3. The third kappa shape index (κ3) is 5.04. The molecule has 5 heteroatoms. The Morgan fingerprint density at radius 3 is 2.60 bits per heavy atom. The highest BCUT2D eigenvalue weighted by Crippen LogP contribution is 2.25. The smallest absolute Gasteiger partial charge is 0.326 e. The van der Waals surface area contributed by atoms with Crippen LogP contribution in [0.2, 0.25) is 0 Å². The third-order valence-corrected chi connectivity index (χ3v) is 3.80. The minimum absolute atomic E-state index is 0.189. The summed E-state index contributed by atoms with van der Waals surface area (Å²) in [5, 5.41) is 3.33. The average molecular weight is 287 g/mol. The lowest BCUT2D eigenvalue weighted by Crippen LogP contribution is -2.56. The van der Waals surface area contributed by atoms with Crippen molar-refractivity contribution in [1.82, 2.24) is 5.32 Å². The molecule has 0 spiro atoms. The van der Waals surface area contributed by atoms with E-state index in [2.05, 4.69) is 5.32 Å². The summed E-state index contributed by atoms with van der Waals surface area (Å²) in [4.78, 5) is 12.3. The van der Waals surface area contributed by atoms with Gasteiger partial charge in [-0.15, -0.1) is 0 Å². The van der Waals surface area contributed by atoms with Crippen LogP contribution in [0.25, 0.3) is 0 Å². The van der Waals surface area contributed by atoms with Crippen LogP contribution in [-0.2, 0) is 19.0 Å². The van der Waals surface area contributed by atoms with Crippen molar-refractivity contribution in [3.63, 3.8) is 0 Å². The molecule has 1 saturated heterocycles. The van der Waals surface area contributed by atoms with Crippen LogP contribution < -0.4 is 5.32 Å². The molecule has 118 valence electrons. The molecule has 0 saturated carbocycles. The Kier molecular flexibility index (Phi) is 6.43. The van der Waals surface area contributed by atoms with E-state index in [4.69, 9.17) is 14.2 Å². The number of hydrogen-bond acceptors (Lipinski definition) is 5. The lowest BCUT2D eigenvalue weighted by molar-refractivity contribution is -0.154. The van der Waals surface area contributed by atoms with Gasteiger partial charge < -0.3 is 14.2 Å². The number of hydrogen-bond donors (Lipinski definition) is 1. The van der Waals surface area contributed by atoms with Crippen LogP contribution in [0.4, 0.5) is 0 Å². The lowest BCUT2D eigenvalue weighted by Gasteiger charge is -2.36. The van der Waals surface area contributed by atoms with Gasteiger partial charge in [-0.25, -0.2) is 0 Å². The summed E-state index contributed by atoms with van der Waals surface area (Å²) in [6.45, 7) is 9.49. The third-order valence-electron chi connectivity index (χ3n) is 3.80. The van der Waals surface area contributed by atoms with Crippen LogP contribution in [0.3, 0.4) is 0 Å². The van der Waals surface area contributed by atoms with Crippen molar-refractivity contribution in [3.05, 3.63) is 0 Å². The highest BCUT2D eigenvalue weighted by Gasteiger charge is 2.40. The maximum atomic E-state index is 12.3. The second kappa shape index (κ2) is 7.38. The summed E-state index contributed by atoms with van der Waals surface area (Å²) in [5.74, 6) is -0.233. The summed E-state index contributed by atoms with van der Waals surface area (Å²) in [5.41, 5.74) is -1.16. The largest absolute Gasteiger partial charge is 0.465 e. The molecule has 2 unspecified atom stereocenters. The zero-order chi connectivity index (χ0) is 15.2. The first-order chi connectivity index (χ1) is 9.33. The molecule has 1 aliphatic rings. The van der Waals surface area contributed by atoms with Crippen molar-refractivity contribution in [2.24, 2.45) is 0 Å². The van der Waals surface area contributed by atoms with Crippen molar-refractivity contribution in [2.45, 2.75) is 64.2 Å². The van der Waals surface area contributed by atoms with Gasteiger partial charge in [0.1, 0.15) is 5.54 Å². The standard InChI is InChI=1S/C15H29NO4/c1-6-19-13(17)15(4,11-14(2,3)18-5)16-10-12-8-7-9-20-12/h12,16H,6-11H2,1-5H3. The SMILES string of the molecule is CCOC(=O)C(C)(CC(C)(C)OC)NCC1CCCO1. The second-order valence-electron chi connectivity index (χ2n) is 6.21. The van der Waals surface area contributed by atoms with Gasteiger partial charge in [-0.1, -0.05) is 0 Å². The highest BCUT2D eigenvalue weighted by atomic mass is 16.5. The van der Waals surface area contributed by atoms with E-state index in [0.717, 1.165) is 19.4 Å². The molecule has 1 N–H and O–H groups in total. The molecule has 0 bridgehead atoms. The Morgan fingerprint density at radius 1 is 1.40 bits per heavy atom. The van der Waals surface area contributed by atoms with Crippen LogP contribution in [0.15, 0.2) is 0 Å². The number of ether oxygens (including phenoxy) is 3. The zero-order valence-electron chi connectivity index (χ0n) is 13.5. The Bertz CT molecular complexity index is 313. The molecule has 0 aliphatic carbocycles. The summed E-state index contributed by atoms with van der Waals surface area (Å²) in [6, 6.07) is 0. The number of rotatable bonds is 8. The fraction of sp³-hybridized carbons (Fsp3) is 0.933. The van der Waals surface area contributed by atoms with Gasteiger partial charge in [0.25, 0.3) is 0 Å². The number of esters is 1. The molecular weight excluding hydrogens is 258 g/mol. The first-order valence-corrected chi connectivity index (χ1v) is 7.42. The molecule has 0 aromatic heterocycles. The fourth-order valence-corrected chi connectivity index (χ4v) is 2.57. The quantitative estimate of drug-likeness (QED) is 0.691. The monoisotopic (exact) mass is 287 g/mol. The highest BCUT2D eigenvalue weighted by molar-refractivity contribution is 5.80. The Balaban J connectivity index is 2.68.